The maximum atomic E-state index is 12.1. The van der Waals surface area contributed by atoms with Crippen LogP contribution in [0.15, 0.2) is 23.8 Å². The largest absolute Gasteiger partial charge is 0.459 e. The molecular weight excluding hydrogens is 226 g/mol. The Morgan fingerprint density at radius 1 is 1.22 bits per heavy atom. The SMILES string of the molecule is C/C=C\C(=C/C)COC(=O)C1(N)CCCCCC1. The third kappa shape index (κ3) is 4.30. The first-order valence-corrected chi connectivity index (χ1v) is 6.86. The van der Waals surface area contributed by atoms with Gasteiger partial charge in [0.15, 0.2) is 0 Å². The van der Waals surface area contributed by atoms with Crippen molar-refractivity contribution in [1.82, 2.24) is 0 Å². The van der Waals surface area contributed by atoms with Crippen molar-refractivity contribution in [2.45, 2.75) is 57.9 Å². The predicted molar refractivity (Wildman–Crippen MR) is 74.2 cm³/mol. The van der Waals surface area contributed by atoms with E-state index in [0.717, 1.165) is 31.3 Å². The fourth-order valence-corrected chi connectivity index (χ4v) is 2.30. The van der Waals surface area contributed by atoms with Crippen molar-refractivity contribution in [3.63, 3.8) is 0 Å². The molecule has 0 unspecified atom stereocenters. The number of ether oxygens (including phenoxy) is 1. The van der Waals surface area contributed by atoms with E-state index in [-0.39, 0.29) is 5.97 Å². The number of hydrogen-bond acceptors (Lipinski definition) is 3. The molecule has 0 amide bonds. The summed E-state index contributed by atoms with van der Waals surface area (Å²) in [5.41, 5.74) is 6.44. The normalized spacial score (nSPS) is 20.7. The van der Waals surface area contributed by atoms with Crippen LogP contribution < -0.4 is 5.73 Å². The molecule has 0 aromatic rings. The molecule has 0 radical (unpaired) electrons. The van der Waals surface area contributed by atoms with E-state index >= 15 is 0 Å². The Morgan fingerprint density at radius 2 is 1.83 bits per heavy atom. The third-order valence-corrected chi connectivity index (χ3v) is 3.52. The van der Waals surface area contributed by atoms with Crippen LogP contribution in [0.3, 0.4) is 0 Å². The van der Waals surface area contributed by atoms with Crippen molar-refractivity contribution in [3.8, 4) is 0 Å². The number of carbonyl (C=O) groups is 1. The molecule has 1 rings (SSSR count). The van der Waals surface area contributed by atoms with Crippen LogP contribution in [-0.4, -0.2) is 18.1 Å². The van der Waals surface area contributed by atoms with Crippen molar-refractivity contribution in [1.29, 1.82) is 0 Å². The van der Waals surface area contributed by atoms with Crippen LogP contribution in [0.2, 0.25) is 0 Å². The van der Waals surface area contributed by atoms with Crippen LogP contribution >= 0.6 is 0 Å². The number of rotatable bonds is 4. The zero-order chi connectivity index (χ0) is 13.4. The van der Waals surface area contributed by atoms with Crippen molar-refractivity contribution in [2.24, 2.45) is 5.73 Å². The molecule has 3 nitrogen and oxygen atoms in total. The van der Waals surface area contributed by atoms with E-state index in [1.165, 1.54) is 12.8 Å². The molecule has 0 spiro atoms. The monoisotopic (exact) mass is 251 g/mol. The summed E-state index contributed by atoms with van der Waals surface area (Å²) >= 11 is 0. The van der Waals surface area contributed by atoms with Gasteiger partial charge in [-0.15, -0.1) is 0 Å². The zero-order valence-electron chi connectivity index (χ0n) is 11.6. The van der Waals surface area contributed by atoms with Gasteiger partial charge in [-0.3, -0.25) is 4.79 Å². The Labute approximate surface area is 110 Å². The molecule has 0 aromatic carbocycles. The van der Waals surface area contributed by atoms with Gasteiger partial charge in [0.25, 0.3) is 0 Å². The van der Waals surface area contributed by atoms with Crippen molar-refractivity contribution >= 4 is 5.97 Å². The lowest BCUT2D eigenvalue weighted by Gasteiger charge is -2.25. The summed E-state index contributed by atoms with van der Waals surface area (Å²) in [6, 6.07) is 0. The second-order valence-corrected chi connectivity index (χ2v) is 5.01. The van der Waals surface area contributed by atoms with Crippen molar-refractivity contribution in [2.75, 3.05) is 6.61 Å². The molecular formula is C15H25NO2. The molecule has 0 bridgehead atoms. The smallest absolute Gasteiger partial charge is 0.326 e. The van der Waals surface area contributed by atoms with E-state index in [1.54, 1.807) is 0 Å². The molecule has 1 aliphatic carbocycles. The lowest BCUT2D eigenvalue weighted by atomic mass is 9.92. The molecule has 0 atom stereocenters. The minimum atomic E-state index is -0.759. The maximum Gasteiger partial charge on any atom is 0.326 e. The average molecular weight is 251 g/mol. The summed E-state index contributed by atoms with van der Waals surface area (Å²) in [7, 11) is 0. The van der Waals surface area contributed by atoms with Crippen LogP contribution in [0.25, 0.3) is 0 Å². The number of esters is 1. The quantitative estimate of drug-likeness (QED) is 0.474. The van der Waals surface area contributed by atoms with Gasteiger partial charge in [0.2, 0.25) is 0 Å². The minimum absolute atomic E-state index is 0.242. The molecule has 0 aromatic heterocycles. The van der Waals surface area contributed by atoms with Crippen LogP contribution in [0.1, 0.15) is 52.4 Å². The van der Waals surface area contributed by atoms with Crippen LogP contribution in [0, 0.1) is 0 Å². The first-order chi connectivity index (χ1) is 8.62. The third-order valence-electron chi connectivity index (χ3n) is 3.52. The second-order valence-electron chi connectivity index (χ2n) is 5.01. The summed E-state index contributed by atoms with van der Waals surface area (Å²) < 4.78 is 5.36. The molecule has 1 aliphatic rings. The summed E-state index contributed by atoms with van der Waals surface area (Å²) in [4.78, 5) is 12.1. The van der Waals surface area contributed by atoms with Gasteiger partial charge in [-0.1, -0.05) is 43.9 Å². The molecule has 3 heteroatoms. The van der Waals surface area contributed by atoms with Gasteiger partial charge in [0.1, 0.15) is 12.1 Å². The first kappa shape index (κ1) is 15.0. The topological polar surface area (TPSA) is 52.3 Å². The highest BCUT2D eigenvalue weighted by molar-refractivity contribution is 5.80. The molecule has 2 N–H and O–H groups in total. The highest BCUT2D eigenvalue weighted by Crippen LogP contribution is 2.26. The lowest BCUT2D eigenvalue weighted by Crippen LogP contribution is -2.48. The Bertz CT molecular complexity index is 323. The molecule has 1 fully saturated rings. The lowest BCUT2D eigenvalue weighted by molar-refractivity contribution is -0.149. The van der Waals surface area contributed by atoms with Crippen LogP contribution in [-0.2, 0) is 9.53 Å². The summed E-state index contributed by atoms with van der Waals surface area (Å²) in [5.74, 6) is -0.242. The van der Waals surface area contributed by atoms with Gasteiger partial charge in [0, 0.05) is 0 Å². The Morgan fingerprint density at radius 3 is 2.33 bits per heavy atom. The molecule has 102 valence electrons. The second kappa shape index (κ2) is 7.37. The van der Waals surface area contributed by atoms with Gasteiger partial charge in [-0.05, 0) is 32.3 Å². The number of nitrogens with two attached hydrogens (primary N) is 1. The minimum Gasteiger partial charge on any atom is -0.459 e. The number of carbonyl (C=O) groups excluding carboxylic acids is 1. The van der Waals surface area contributed by atoms with E-state index in [1.807, 2.05) is 32.1 Å². The molecule has 18 heavy (non-hydrogen) atoms. The van der Waals surface area contributed by atoms with Crippen LogP contribution in [0.4, 0.5) is 0 Å². The highest BCUT2D eigenvalue weighted by atomic mass is 16.5. The van der Waals surface area contributed by atoms with Gasteiger partial charge in [0.05, 0.1) is 0 Å². The highest BCUT2D eigenvalue weighted by Gasteiger charge is 2.35. The molecule has 0 heterocycles. The molecule has 0 saturated heterocycles. The Hall–Kier alpha value is -1.09. The van der Waals surface area contributed by atoms with E-state index in [2.05, 4.69) is 0 Å². The summed E-state index contributed by atoms with van der Waals surface area (Å²) in [6.07, 6.45) is 11.7. The van der Waals surface area contributed by atoms with E-state index < -0.39 is 5.54 Å². The molecule has 0 aliphatic heterocycles. The van der Waals surface area contributed by atoms with Gasteiger partial charge < -0.3 is 10.5 Å². The van der Waals surface area contributed by atoms with Gasteiger partial charge in [-0.25, -0.2) is 0 Å². The van der Waals surface area contributed by atoms with Gasteiger partial charge >= 0.3 is 5.97 Å². The summed E-state index contributed by atoms with van der Waals surface area (Å²) in [5, 5.41) is 0. The average Bonchev–Trinajstić information content (AvgIpc) is 2.60. The number of allylic oxidation sites excluding steroid dienone is 2. The Kier molecular flexibility index (Phi) is 6.13. The fourth-order valence-electron chi connectivity index (χ4n) is 2.30. The standard InChI is InChI=1S/C15H25NO2/c1-3-9-13(4-2)12-18-14(17)15(16)10-7-5-6-8-11-15/h3-4,9H,5-8,10-12,16H2,1-2H3/b9-3-,13-4+. The fraction of sp³-hybridized carbons (Fsp3) is 0.667. The van der Waals surface area contributed by atoms with Crippen molar-refractivity contribution in [3.05, 3.63) is 23.8 Å². The van der Waals surface area contributed by atoms with E-state index in [0.29, 0.717) is 6.61 Å². The Balaban J connectivity index is 2.53. The van der Waals surface area contributed by atoms with Crippen molar-refractivity contribution < 1.29 is 9.53 Å². The maximum absolute atomic E-state index is 12.1. The first-order valence-electron chi connectivity index (χ1n) is 6.86. The van der Waals surface area contributed by atoms with E-state index in [4.69, 9.17) is 10.5 Å². The predicted octanol–water partition coefficient (Wildman–Crippen LogP) is 3.10. The number of hydrogen-bond donors (Lipinski definition) is 1. The van der Waals surface area contributed by atoms with Gasteiger partial charge in [-0.2, -0.15) is 0 Å². The van der Waals surface area contributed by atoms with E-state index in [9.17, 15) is 4.79 Å². The summed E-state index contributed by atoms with van der Waals surface area (Å²) in [6.45, 7) is 4.20. The zero-order valence-corrected chi connectivity index (χ0v) is 11.6. The molecule has 1 saturated carbocycles. The van der Waals surface area contributed by atoms with Crippen LogP contribution in [0.5, 0.6) is 0 Å².